The van der Waals surface area contributed by atoms with E-state index < -0.39 is 9.84 Å². The largest absolute Gasteiger partial charge is 0.351 e. The van der Waals surface area contributed by atoms with Crippen LogP contribution >= 0.6 is 15.9 Å². The smallest absolute Gasteiger partial charge is 0.251 e. The van der Waals surface area contributed by atoms with Crippen LogP contribution in [0.2, 0.25) is 0 Å². The van der Waals surface area contributed by atoms with Crippen LogP contribution in [0.3, 0.4) is 0 Å². The topological polar surface area (TPSA) is 81.1 Å². The lowest BCUT2D eigenvalue weighted by Gasteiger charge is -2.07. The lowest BCUT2D eigenvalue weighted by Crippen LogP contribution is -2.29. The van der Waals surface area contributed by atoms with Crippen LogP contribution < -0.4 is 5.32 Å². The Bertz CT molecular complexity index is 842. The quantitative estimate of drug-likeness (QED) is 0.787. The second kappa shape index (κ2) is 7.48. The third-order valence-electron chi connectivity index (χ3n) is 3.72. The number of hydrogen-bond donors (Lipinski definition) is 1. The van der Waals surface area contributed by atoms with E-state index in [1.807, 2.05) is 26.0 Å². The number of nitrogens with zero attached hydrogens (tertiary/aromatic N) is 2. The van der Waals surface area contributed by atoms with Crippen LogP contribution in [0.4, 0.5) is 0 Å². The number of benzene rings is 1. The molecule has 0 unspecified atom stereocenters. The summed E-state index contributed by atoms with van der Waals surface area (Å²) in [7, 11) is -3.08. The standard InChI is InChI=1S/C16H20BrN3O3S/c1-4-24(22,23)10-9-18-16(21)13-5-7-14(8-6-13)20-12(3)15(17)11(2)19-20/h5-8H,4,9-10H2,1-3H3,(H,18,21). The highest BCUT2D eigenvalue weighted by atomic mass is 79.9. The molecule has 6 nitrogen and oxygen atoms in total. The van der Waals surface area contributed by atoms with E-state index in [2.05, 4.69) is 26.3 Å². The molecule has 2 rings (SSSR count). The Morgan fingerprint density at radius 3 is 2.38 bits per heavy atom. The van der Waals surface area contributed by atoms with Gasteiger partial charge in [-0.05, 0) is 54.0 Å². The normalized spacial score (nSPS) is 11.5. The Morgan fingerprint density at radius 2 is 1.88 bits per heavy atom. The maximum absolute atomic E-state index is 12.1. The Balaban J connectivity index is 2.06. The van der Waals surface area contributed by atoms with Gasteiger partial charge < -0.3 is 5.32 Å². The number of aromatic nitrogens is 2. The van der Waals surface area contributed by atoms with Gasteiger partial charge in [-0.15, -0.1) is 0 Å². The Morgan fingerprint density at radius 1 is 1.25 bits per heavy atom. The first kappa shape index (κ1) is 18.7. The maximum Gasteiger partial charge on any atom is 0.251 e. The molecular weight excluding hydrogens is 394 g/mol. The SMILES string of the molecule is CCS(=O)(=O)CCNC(=O)c1ccc(-n2nc(C)c(Br)c2C)cc1. The number of hydrogen-bond acceptors (Lipinski definition) is 4. The summed E-state index contributed by atoms with van der Waals surface area (Å²) >= 11 is 3.49. The highest BCUT2D eigenvalue weighted by Gasteiger charge is 2.12. The van der Waals surface area contributed by atoms with Gasteiger partial charge in [0.25, 0.3) is 5.91 Å². The van der Waals surface area contributed by atoms with Crippen molar-refractivity contribution in [2.45, 2.75) is 20.8 Å². The van der Waals surface area contributed by atoms with E-state index in [1.165, 1.54) is 0 Å². The first-order chi connectivity index (χ1) is 11.2. The maximum atomic E-state index is 12.1. The number of amides is 1. The summed E-state index contributed by atoms with van der Waals surface area (Å²) in [6.45, 7) is 5.58. The monoisotopic (exact) mass is 413 g/mol. The molecule has 1 N–H and O–H groups in total. The summed E-state index contributed by atoms with van der Waals surface area (Å²) in [6, 6.07) is 7.01. The van der Waals surface area contributed by atoms with Crippen LogP contribution in [0, 0.1) is 13.8 Å². The summed E-state index contributed by atoms with van der Waals surface area (Å²) < 4.78 is 25.6. The minimum Gasteiger partial charge on any atom is -0.351 e. The molecule has 8 heteroatoms. The number of nitrogens with one attached hydrogen (secondary N) is 1. The predicted molar refractivity (Wildman–Crippen MR) is 97.4 cm³/mol. The van der Waals surface area contributed by atoms with Crippen LogP contribution in [0.15, 0.2) is 28.7 Å². The van der Waals surface area contributed by atoms with Gasteiger partial charge in [0.15, 0.2) is 9.84 Å². The van der Waals surface area contributed by atoms with Gasteiger partial charge in [-0.1, -0.05) is 6.92 Å². The lowest BCUT2D eigenvalue weighted by atomic mass is 10.2. The van der Waals surface area contributed by atoms with E-state index in [0.717, 1.165) is 21.5 Å². The second-order valence-corrected chi connectivity index (χ2v) is 8.70. The molecule has 1 heterocycles. The van der Waals surface area contributed by atoms with E-state index in [4.69, 9.17) is 0 Å². The molecule has 0 aliphatic carbocycles. The average molecular weight is 414 g/mol. The van der Waals surface area contributed by atoms with Crippen molar-refractivity contribution in [2.24, 2.45) is 0 Å². The molecule has 1 aromatic heterocycles. The highest BCUT2D eigenvalue weighted by Crippen LogP contribution is 2.23. The number of aryl methyl sites for hydroxylation is 1. The van der Waals surface area contributed by atoms with Gasteiger partial charge in [-0.25, -0.2) is 13.1 Å². The molecule has 0 spiro atoms. The van der Waals surface area contributed by atoms with E-state index in [0.29, 0.717) is 5.56 Å². The number of sulfone groups is 1. The van der Waals surface area contributed by atoms with Gasteiger partial charge in [0, 0.05) is 17.9 Å². The summed E-state index contributed by atoms with van der Waals surface area (Å²) in [6.07, 6.45) is 0. The van der Waals surface area contributed by atoms with Gasteiger partial charge in [0.05, 0.1) is 27.3 Å². The summed E-state index contributed by atoms with van der Waals surface area (Å²) in [5.74, 6) is -0.259. The van der Waals surface area contributed by atoms with Crippen LogP contribution in [0.5, 0.6) is 0 Å². The fraction of sp³-hybridized carbons (Fsp3) is 0.375. The molecule has 130 valence electrons. The molecular formula is C16H20BrN3O3S. The predicted octanol–water partition coefficient (Wildman–Crippen LogP) is 2.42. The second-order valence-electron chi connectivity index (χ2n) is 5.44. The number of halogens is 1. The van der Waals surface area contributed by atoms with Gasteiger partial charge in [0.2, 0.25) is 0 Å². The third-order valence-corrected chi connectivity index (χ3v) is 6.57. The summed E-state index contributed by atoms with van der Waals surface area (Å²) in [5, 5.41) is 7.07. The van der Waals surface area contributed by atoms with Crippen molar-refractivity contribution in [2.75, 3.05) is 18.1 Å². The number of carbonyl (C=O) groups is 1. The number of rotatable bonds is 6. The lowest BCUT2D eigenvalue weighted by molar-refractivity contribution is 0.0956. The van der Waals surface area contributed by atoms with Crippen LogP contribution in [0.1, 0.15) is 28.7 Å². The number of carbonyl (C=O) groups excluding carboxylic acids is 1. The molecule has 0 atom stereocenters. The molecule has 0 saturated carbocycles. The van der Waals surface area contributed by atoms with Crippen molar-refractivity contribution in [3.8, 4) is 5.69 Å². The zero-order chi connectivity index (χ0) is 17.9. The van der Waals surface area contributed by atoms with Gasteiger partial charge in [0.1, 0.15) is 0 Å². The minimum absolute atomic E-state index is 0.0485. The van der Waals surface area contributed by atoms with E-state index in [1.54, 1.807) is 23.7 Å². The molecule has 0 bridgehead atoms. The molecule has 1 aromatic carbocycles. The van der Waals surface area contributed by atoms with Crippen molar-refractivity contribution < 1.29 is 13.2 Å². The first-order valence-corrected chi connectivity index (χ1v) is 10.2. The van der Waals surface area contributed by atoms with Crippen LogP contribution in [-0.2, 0) is 9.84 Å². The highest BCUT2D eigenvalue weighted by molar-refractivity contribution is 9.10. The Labute approximate surface area is 150 Å². The molecule has 0 aliphatic heterocycles. The van der Waals surface area contributed by atoms with Gasteiger partial charge in [-0.2, -0.15) is 5.10 Å². The molecule has 1 amide bonds. The Hall–Kier alpha value is -1.67. The van der Waals surface area contributed by atoms with E-state index in [9.17, 15) is 13.2 Å². The van der Waals surface area contributed by atoms with Crippen molar-refractivity contribution in [1.29, 1.82) is 0 Å². The average Bonchev–Trinajstić information content (AvgIpc) is 2.82. The van der Waals surface area contributed by atoms with Crippen LogP contribution in [0.25, 0.3) is 5.69 Å². The third kappa shape index (κ3) is 4.24. The summed E-state index contributed by atoms with van der Waals surface area (Å²) in [4.78, 5) is 12.1. The Kier molecular flexibility index (Phi) is 5.82. The van der Waals surface area contributed by atoms with Crippen molar-refractivity contribution >= 4 is 31.7 Å². The molecule has 0 saturated heterocycles. The molecule has 0 radical (unpaired) electrons. The first-order valence-electron chi connectivity index (χ1n) is 7.56. The van der Waals surface area contributed by atoms with E-state index >= 15 is 0 Å². The van der Waals surface area contributed by atoms with E-state index in [-0.39, 0.29) is 24.0 Å². The molecule has 24 heavy (non-hydrogen) atoms. The fourth-order valence-corrected chi connectivity index (χ4v) is 3.14. The van der Waals surface area contributed by atoms with Gasteiger partial charge >= 0.3 is 0 Å². The van der Waals surface area contributed by atoms with Crippen molar-refractivity contribution in [3.63, 3.8) is 0 Å². The molecule has 2 aromatic rings. The van der Waals surface area contributed by atoms with Gasteiger partial charge in [-0.3, -0.25) is 4.79 Å². The van der Waals surface area contributed by atoms with Crippen molar-refractivity contribution in [3.05, 3.63) is 45.7 Å². The minimum atomic E-state index is -3.08. The summed E-state index contributed by atoms with van der Waals surface area (Å²) in [5.41, 5.74) is 3.21. The fourth-order valence-electron chi connectivity index (χ4n) is 2.20. The molecule has 0 fully saturated rings. The zero-order valence-corrected chi connectivity index (χ0v) is 16.2. The zero-order valence-electron chi connectivity index (χ0n) is 13.8. The van der Waals surface area contributed by atoms with Crippen molar-refractivity contribution in [1.82, 2.24) is 15.1 Å². The molecule has 0 aliphatic rings. The van der Waals surface area contributed by atoms with Crippen LogP contribution in [-0.4, -0.2) is 42.2 Å².